The molecule has 102 valence electrons. The van der Waals surface area contributed by atoms with Gasteiger partial charge in [-0.2, -0.15) is 0 Å². The minimum absolute atomic E-state index is 0.0301. The van der Waals surface area contributed by atoms with Crippen molar-refractivity contribution in [2.24, 2.45) is 7.05 Å². The van der Waals surface area contributed by atoms with Crippen LogP contribution in [0.3, 0.4) is 0 Å². The lowest BCUT2D eigenvalue weighted by atomic mass is 10.3. The summed E-state index contributed by atoms with van der Waals surface area (Å²) < 4.78 is 7.10. The molecular formula is C13H12N4O2S. The molecule has 1 N–H and O–H groups in total. The SMILES string of the molecule is Cn1c(SCC(=O)c2ccc[nH]2)nnc1-c1ccco1. The van der Waals surface area contributed by atoms with Crippen LogP contribution in [0.5, 0.6) is 0 Å². The van der Waals surface area contributed by atoms with Gasteiger partial charge in [-0.3, -0.25) is 4.79 Å². The highest BCUT2D eigenvalue weighted by Crippen LogP contribution is 2.23. The lowest BCUT2D eigenvalue weighted by Gasteiger charge is -2.01. The molecule has 0 aliphatic carbocycles. The van der Waals surface area contributed by atoms with E-state index in [4.69, 9.17) is 4.42 Å². The molecule has 3 aromatic rings. The van der Waals surface area contributed by atoms with E-state index in [1.807, 2.05) is 17.7 Å². The number of ketones is 1. The maximum Gasteiger partial charge on any atom is 0.200 e. The van der Waals surface area contributed by atoms with Crippen LogP contribution in [0.25, 0.3) is 11.6 Å². The summed E-state index contributed by atoms with van der Waals surface area (Å²) in [5, 5.41) is 8.83. The molecule has 0 fully saturated rings. The Hall–Kier alpha value is -2.28. The molecule has 0 unspecified atom stereocenters. The Balaban J connectivity index is 1.71. The number of aromatic nitrogens is 4. The van der Waals surface area contributed by atoms with Crippen LogP contribution in [0.2, 0.25) is 0 Å². The van der Waals surface area contributed by atoms with E-state index in [1.54, 1.807) is 30.7 Å². The van der Waals surface area contributed by atoms with E-state index in [0.29, 0.717) is 28.2 Å². The van der Waals surface area contributed by atoms with Gasteiger partial charge in [0.1, 0.15) is 0 Å². The van der Waals surface area contributed by atoms with Crippen molar-refractivity contribution >= 4 is 17.5 Å². The van der Waals surface area contributed by atoms with Crippen molar-refractivity contribution in [3.8, 4) is 11.6 Å². The smallest absolute Gasteiger partial charge is 0.200 e. The highest BCUT2D eigenvalue weighted by molar-refractivity contribution is 7.99. The highest BCUT2D eigenvalue weighted by atomic mass is 32.2. The second-order valence-corrected chi connectivity index (χ2v) is 5.08. The molecule has 0 bridgehead atoms. The van der Waals surface area contributed by atoms with E-state index in [2.05, 4.69) is 15.2 Å². The molecule has 0 amide bonds. The van der Waals surface area contributed by atoms with Gasteiger partial charge in [-0.1, -0.05) is 11.8 Å². The average molecular weight is 288 g/mol. The van der Waals surface area contributed by atoms with Crippen molar-refractivity contribution < 1.29 is 9.21 Å². The first-order valence-corrected chi connectivity index (χ1v) is 6.97. The maximum absolute atomic E-state index is 11.9. The fourth-order valence-electron chi connectivity index (χ4n) is 1.77. The zero-order chi connectivity index (χ0) is 13.9. The van der Waals surface area contributed by atoms with Crippen LogP contribution in [-0.2, 0) is 7.05 Å². The van der Waals surface area contributed by atoms with Crippen LogP contribution in [0.4, 0.5) is 0 Å². The van der Waals surface area contributed by atoms with Gasteiger partial charge in [-0.15, -0.1) is 10.2 Å². The maximum atomic E-state index is 11.9. The Kier molecular flexibility index (Phi) is 3.42. The van der Waals surface area contributed by atoms with Gasteiger partial charge >= 0.3 is 0 Å². The van der Waals surface area contributed by atoms with E-state index in [0.717, 1.165) is 0 Å². The van der Waals surface area contributed by atoms with Gasteiger partial charge in [0.05, 0.1) is 17.7 Å². The van der Waals surface area contributed by atoms with Crippen LogP contribution in [-0.4, -0.2) is 31.3 Å². The minimum Gasteiger partial charge on any atom is -0.461 e. The van der Waals surface area contributed by atoms with Crippen molar-refractivity contribution in [3.63, 3.8) is 0 Å². The first kappa shape index (κ1) is 12.7. The number of aromatic amines is 1. The largest absolute Gasteiger partial charge is 0.461 e. The summed E-state index contributed by atoms with van der Waals surface area (Å²) in [5.74, 6) is 1.64. The third-order valence-electron chi connectivity index (χ3n) is 2.81. The zero-order valence-corrected chi connectivity index (χ0v) is 11.6. The van der Waals surface area contributed by atoms with E-state index >= 15 is 0 Å². The number of thioether (sulfide) groups is 1. The van der Waals surface area contributed by atoms with Crippen LogP contribution < -0.4 is 0 Å². The zero-order valence-electron chi connectivity index (χ0n) is 10.7. The second-order valence-electron chi connectivity index (χ2n) is 4.14. The number of rotatable bonds is 5. The van der Waals surface area contributed by atoms with Crippen molar-refractivity contribution in [3.05, 3.63) is 42.4 Å². The summed E-state index contributed by atoms with van der Waals surface area (Å²) in [6.07, 6.45) is 3.32. The number of furan rings is 1. The lowest BCUT2D eigenvalue weighted by Crippen LogP contribution is -2.04. The topological polar surface area (TPSA) is 76.7 Å². The molecule has 0 saturated heterocycles. The highest BCUT2D eigenvalue weighted by Gasteiger charge is 2.15. The lowest BCUT2D eigenvalue weighted by molar-refractivity contribution is 0.101. The van der Waals surface area contributed by atoms with Gasteiger partial charge in [0.25, 0.3) is 0 Å². The summed E-state index contributed by atoms with van der Waals surface area (Å²) in [7, 11) is 1.85. The monoisotopic (exact) mass is 288 g/mol. The number of H-pyrrole nitrogens is 1. The number of nitrogens with one attached hydrogen (secondary N) is 1. The van der Waals surface area contributed by atoms with Crippen molar-refractivity contribution in [1.82, 2.24) is 19.7 Å². The normalized spacial score (nSPS) is 10.8. The van der Waals surface area contributed by atoms with Gasteiger partial charge < -0.3 is 14.0 Å². The predicted molar refractivity (Wildman–Crippen MR) is 74.6 cm³/mol. The van der Waals surface area contributed by atoms with Crippen LogP contribution in [0.15, 0.2) is 46.3 Å². The van der Waals surface area contributed by atoms with E-state index in [1.165, 1.54) is 11.8 Å². The molecule has 0 aromatic carbocycles. The number of carbonyl (C=O) groups is 1. The first-order chi connectivity index (χ1) is 9.75. The predicted octanol–water partition coefficient (Wildman–Crippen LogP) is 2.38. The summed E-state index contributed by atoms with van der Waals surface area (Å²) in [6.45, 7) is 0. The molecule has 6 nitrogen and oxygen atoms in total. The molecule has 7 heteroatoms. The molecule has 3 rings (SSSR count). The standard InChI is InChI=1S/C13H12N4O2S/c1-17-12(11-5-3-7-19-11)15-16-13(17)20-8-10(18)9-4-2-6-14-9/h2-7,14H,8H2,1H3. The minimum atomic E-state index is 0.0301. The summed E-state index contributed by atoms with van der Waals surface area (Å²) in [4.78, 5) is 14.8. The number of hydrogen-bond donors (Lipinski definition) is 1. The third-order valence-corrected chi connectivity index (χ3v) is 3.83. The molecule has 0 saturated carbocycles. The van der Waals surface area contributed by atoms with Gasteiger partial charge in [0.2, 0.25) is 0 Å². The first-order valence-electron chi connectivity index (χ1n) is 5.98. The number of Topliss-reactive ketones (excluding diaryl/α,β-unsaturated/α-hetero) is 1. The van der Waals surface area contributed by atoms with E-state index < -0.39 is 0 Å². The molecule has 20 heavy (non-hydrogen) atoms. The molecule has 3 heterocycles. The Morgan fingerprint density at radius 1 is 1.40 bits per heavy atom. The quantitative estimate of drug-likeness (QED) is 0.576. The van der Waals surface area contributed by atoms with Gasteiger partial charge in [0.15, 0.2) is 22.5 Å². The van der Waals surface area contributed by atoms with Gasteiger partial charge in [-0.25, -0.2) is 0 Å². The fraction of sp³-hybridized carbons (Fsp3) is 0.154. The average Bonchev–Trinajstić information content (AvgIpc) is 3.18. The molecule has 0 aliphatic heterocycles. The van der Waals surface area contributed by atoms with Crippen LogP contribution in [0, 0.1) is 0 Å². The second kappa shape index (κ2) is 5.38. The number of carbonyl (C=O) groups excluding carboxylic acids is 1. The Morgan fingerprint density at radius 2 is 2.30 bits per heavy atom. The summed E-state index contributed by atoms with van der Waals surface area (Å²) >= 11 is 1.35. The van der Waals surface area contributed by atoms with E-state index in [9.17, 15) is 4.79 Å². The van der Waals surface area contributed by atoms with Gasteiger partial charge in [0, 0.05) is 13.2 Å². The van der Waals surface area contributed by atoms with Crippen LogP contribution in [0.1, 0.15) is 10.5 Å². The Labute approximate surface area is 119 Å². The van der Waals surface area contributed by atoms with Gasteiger partial charge in [-0.05, 0) is 24.3 Å². The molecule has 0 aliphatic rings. The van der Waals surface area contributed by atoms with E-state index in [-0.39, 0.29) is 5.78 Å². The fourth-order valence-corrected chi connectivity index (χ4v) is 2.57. The molecule has 0 spiro atoms. The molecule has 3 aromatic heterocycles. The Morgan fingerprint density at radius 3 is 3.00 bits per heavy atom. The van der Waals surface area contributed by atoms with Crippen molar-refractivity contribution in [2.75, 3.05) is 5.75 Å². The van der Waals surface area contributed by atoms with Crippen LogP contribution >= 0.6 is 11.8 Å². The third kappa shape index (κ3) is 2.39. The number of hydrogen-bond acceptors (Lipinski definition) is 5. The molecule has 0 atom stereocenters. The summed E-state index contributed by atoms with van der Waals surface area (Å²) in [6, 6.07) is 7.18. The Bertz CT molecular complexity index is 701. The van der Waals surface area contributed by atoms with Crippen molar-refractivity contribution in [2.45, 2.75) is 5.16 Å². The number of nitrogens with zero attached hydrogens (tertiary/aromatic N) is 3. The van der Waals surface area contributed by atoms with Crippen molar-refractivity contribution in [1.29, 1.82) is 0 Å². The summed E-state index contributed by atoms with van der Waals surface area (Å²) in [5.41, 5.74) is 0.603. The molecule has 0 radical (unpaired) electrons. The molecular weight excluding hydrogens is 276 g/mol.